The molecule has 96 valence electrons. The highest BCUT2D eigenvalue weighted by Gasteiger charge is 2.23. The van der Waals surface area contributed by atoms with Gasteiger partial charge in [-0.2, -0.15) is 0 Å². The van der Waals surface area contributed by atoms with Gasteiger partial charge >= 0.3 is 0 Å². The normalized spacial score (nSPS) is 22.8. The van der Waals surface area contributed by atoms with Crippen molar-refractivity contribution in [3.8, 4) is 0 Å². The summed E-state index contributed by atoms with van der Waals surface area (Å²) in [4.78, 5) is 2.57. The average molecular weight is 255 g/mol. The summed E-state index contributed by atoms with van der Waals surface area (Å²) >= 11 is 0. The van der Waals surface area contributed by atoms with Gasteiger partial charge in [-0.15, -0.1) is 12.4 Å². The fourth-order valence-corrected chi connectivity index (χ4v) is 2.58. The lowest BCUT2D eigenvalue weighted by molar-refractivity contribution is 0.134. The lowest BCUT2D eigenvalue weighted by Crippen LogP contribution is -2.39. The van der Waals surface area contributed by atoms with Crippen LogP contribution >= 0.6 is 12.4 Å². The average Bonchev–Trinajstić information content (AvgIpc) is 2.39. The molecule has 0 aliphatic carbocycles. The van der Waals surface area contributed by atoms with Crippen molar-refractivity contribution in [1.82, 2.24) is 4.90 Å². The maximum absolute atomic E-state index is 5.78. The van der Waals surface area contributed by atoms with E-state index in [9.17, 15) is 0 Å². The molecule has 0 aromatic heterocycles. The first-order valence-corrected chi connectivity index (χ1v) is 6.30. The largest absolute Gasteiger partial charge is 0.330 e. The summed E-state index contributed by atoms with van der Waals surface area (Å²) < 4.78 is 0. The standard InChI is InChI=1S/C14H22N2.ClH/c1-12(14-7-3-2-4-8-14)16-9-5-6-13(10-15)11-16;/h2-4,7-8,12-13H,5-6,9-11,15H2,1H3;1H. The first-order chi connectivity index (χ1) is 7.81. The minimum absolute atomic E-state index is 0. The molecule has 1 aliphatic heterocycles. The van der Waals surface area contributed by atoms with Gasteiger partial charge < -0.3 is 5.73 Å². The Bertz CT molecular complexity index is 315. The van der Waals surface area contributed by atoms with E-state index >= 15 is 0 Å². The van der Waals surface area contributed by atoms with Crippen molar-refractivity contribution >= 4 is 12.4 Å². The predicted octanol–water partition coefficient (Wildman–Crippen LogP) is 2.84. The number of hydrogen-bond acceptors (Lipinski definition) is 2. The van der Waals surface area contributed by atoms with Crippen molar-refractivity contribution in [3.63, 3.8) is 0 Å². The smallest absolute Gasteiger partial charge is 0.0320 e. The van der Waals surface area contributed by atoms with Gasteiger partial charge in [-0.1, -0.05) is 30.3 Å². The summed E-state index contributed by atoms with van der Waals surface area (Å²) in [6, 6.07) is 11.3. The summed E-state index contributed by atoms with van der Waals surface area (Å²) in [7, 11) is 0. The molecule has 1 saturated heterocycles. The topological polar surface area (TPSA) is 29.3 Å². The van der Waals surface area contributed by atoms with E-state index in [4.69, 9.17) is 5.73 Å². The molecule has 1 aliphatic rings. The molecule has 1 aromatic rings. The van der Waals surface area contributed by atoms with Crippen molar-refractivity contribution in [1.29, 1.82) is 0 Å². The van der Waals surface area contributed by atoms with Crippen LogP contribution in [0, 0.1) is 5.92 Å². The number of nitrogens with two attached hydrogens (primary N) is 1. The minimum atomic E-state index is 0. The van der Waals surface area contributed by atoms with Crippen LogP contribution in [0.5, 0.6) is 0 Å². The van der Waals surface area contributed by atoms with Crippen molar-refractivity contribution < 1.29 is 0 Å². The third-order valence-electron chi connectivity index (χ3n) is 3.71. The molecule has 0 radical (unpaired) electrons. The number of hydrogen-bond donors (Lipinski definition) is 1. The Kier molecular flexibility index (Phi) is 5.96. The molecule has 2 unspecified atom stereocenters. The summed E-state index contributed by atoms with van der Waals surface area (Å²) in [5, 5.41) is 0. The van der Waals surface area contributed by atoms with Crippen LogP contribution in [0.1, 0.15) is 31.4 Å². The Morgan fingerprint density at radius 1 is 1.35 bits per heavy atom. The number of rotatable bonds is 3. The number of benzene rings is 1. The molecular weight excluding hydrogens is 232 g/mol. The monoisotopic (exact) mass is 254 g/mol. The molecule has 1 fully saturated rings. The van der Waals surface area contributed by atoms with Gasteiger partial charge in [0.05, 0.1) is 0 Å². The second-order valence-corrected chi connectivity index (χ2v) is 4.83. The summed E-state index contributed by atoms with van der Waals surface area (Å²) in [6.45, 7) is 5.51. The SMILES string of the molecule is CC(c1ccccc1)N1CCCC(CN)C1.Cl. The Balaban J connectivity index is 0.00000144. The zero-order valence-electron chi connectivity index (χ0n) is 10.5. The van der Waals surface area contributed by atoms with Crippen LogP contribution in [0.3, 0.4) is 0 Å². The van der Waals surface area contributed by atoms with Gasteiger partial charge in [0.15, 0.2) is 0 Å². The van der Waals surface area contributed by atoms with Crippen molar-refractivity contribution in [2.45, 2.75) is 25.8 Å². The maximum atomic E-state index is 5.78. The van der Waals surface area contributed by atoms with Crippen LogP contribution in [-0.2, 0) is 0 Å². The second kappa shape index (κ2) is 7.00. The van der Waals surface area contributed by atoms with E-state index in [0.29, 0.717) is 12.0 Å². The molecular formula is C14H23ClN2. The van der Waals surface area contributed by atoms with Gasteiger partial charge in [0.1, 0.15) is 0 Å². The highest BCUT2D eigenvalue weighted by atomic mass is 35.5. The predicted molar refractivity (Wildman–Crippen MR) is 75.5 cm³/mol. The van der Waals surface area contributed by atoms with Crippen molar-refractivity contribution in [2.24, 2.45) is 11.7 Å². The molecule has 2 N–H and O–H groups in total. The Hall–Kier alpha value is -0.570. The van der Waals surface area contributed by atoms with Gasteiger partial charge in [0.2, 0.25) is 0 Å². The zero-order chi connectivity index (χ0) is 11.4. The van der Waals surface area contributed by atoms with Crippen molar-refractivity contribution in [2.75, 3.05) is 19.6 Å². The van der Waals surface area contributed by atoms with Gasteiger partial charge in [0.25, 0.3) is 0 Å². The van der Waals surface area contributed by atoms with Crippen LogP contribution in [-0.4, -0.2) is 24.5 Å². The number of nitrogens with zero attached hydrogens (tertiary/aromatic N) is 1. The zero-order valence-corrected chi connectivity index (χ0v) is 11.3. The van der Waals surface area contributed by atoms with E-state index in [1.165, 1.54) is 24.9 Å². The second-order valence-electron chi connectivity index (χ2n) is 4.83. The number of likely N-dealkylation sites (tertiary alicyclic amines) is 1. The summed E-state index contributed by atoms with van der Waals surface area (Å²) in [5.74, 6) is 0.694. The fourth-order valence-electron chi connectivity index (χ4n) is 2.58. The number of piperidine rings is 1. The molecule has 0 spiro atoms. The van der Waals surface area contributed by atoms with Gasteiger partial charge in [0, 0.05) is 12.6 Å². The first kappa shape index (κ1) is 14.5. The van der Waals surface area contributed by atoms with Crippen LogP contribution in [0.15, 0.2) is 30.3 Å². The van der Waals surface area contributed by atoms with Crippen LogP contribution < -0.4 is 5.73 Å². The quantitative estimate of drug-likeness (QED) is 0.899. The molecule has 3 heteroatoms. The Morgan fingerprint density at radius 2 is 2.06 bits per heavy atom. The third kappa shape index (κ3) is 3.70. The van der Waals surface area contributed by atoms with E-state index < -0.39 is 0 Å². The van der Waals surface area contributed by atoms with E-state index in [-0.39, 0.29) is 12.4 Å². The first-order valence-electron chi connectivity index (χ1n) is 6.30. The maximum Gasteiger partial charge on any atom is 0.0320 e. The molecule has 0 amide bonds. The van der Waals surface area contributed by atoms with Gasteiger partial charge in [-0.3, -0.25) is 4.90 Å². The van der Waals surface area contributed by atoms with E-state index in [1.54, 1.807) is 0 Å². The molecule has 0 bridgehead atoms. The summed E-state index contributed by atoms with van der Waals surface area (Å²) in [5.41, 5.74) is 7.19. The number of halogens is 1. The van der Waals surface area contributed by atoms with Crippen LogP contribution in [0.4, 0.5) is 0 Å². The van der Waals surface area contributed by atoms with E-state index in [1.807, 2.05) is 0 Å². The minimum Gasteiger partial charge on any atom is -0.330 e. The Morgan fingerprint density at radius 3 is 2.71 bits per heavy atom. The fraction of sp³-hybridized carbons (Fsp3) is 0.571. The molecule has 2 atom stereocenters. The third-order valence-corrected chi connectivity index (χ3v) is 3.71. The Labute approximate surface area is 111 Å². The molecule has 17 heavy (non-hydrogen) atoms. The molecule has 1 heterocycles. The van der Waals surface area contributed by atoms with E-state index in [2.05, 4.69) is 42.2 Å². The highest BCUT2D eigenvalue weighted by molar-refractivity contribution is 5.85. The van der Waals surface area contributed by atoms with E-state index in [0.717, 1.165) is 13.1 Å². The molecule has 2 rings (SSSR count). The summed E-state index contributed by atoms with van der Waals surface area (Å²) in [6.07, 6.45) is 2.59. The van der Waals surface area contributed by atoms with Crippen LogP contribution in [0.25, 0.3) is 0 Å². The van der Waals surface area contributed by atoms with Gasteiger partial charge in [-0.25, -0.2) is 0 Å². The molecule has 0 saturated carbocycles. The van der Waals surface area contributed by atoms with Gasteiger partial charge in [-0.05, 0) is 44.3 Å². The highest BCUT2D eigenvalue weighted by Crippen LogP contribution is 2.25. The van der Waals surface area contributed by atoms with Crippen molar-refractivity contribution in [3.05, 3.63) is 35.9 Å². The lowest BCUT2D eigenvalue weighted by Gasteiger charge is -2.36. The molecule has 1 aromatic carbocycles. The lowest BCUT2D eigenvalue weighted by atomic mass is 9.95. The molecule has 2 nitrogen and oxygen atoms in total. The van der Waals surface area contributed by atoms with Crippen LogP contribution in [0.2, 0.25) is 0 Å².